The van der Waals surface area contributed by atoms with Crippen molar-refractivity contribution in [1.29, 1.82) is 0 Å². The number of aliphatic hydroxyl groups is 1. The zero-order chi connectivity index (χ0) is 8.27. The molecule has 5 heteroatoms. The van der Waals surface area contributed by atoms with Gasteiger partial charge in [-0.1, -0.05) is 0 Å². The highest BCUT2D eigenvalue weighted by atomic mass is 16.3. The van der Waals surface area contributed by atoms with E-state index in [0.717, 1.165) is 0 Å². The molecule has 1 heterocycles. The fourth-order valence-corrected chi connectivity index (χ4v) is 1.11. The van der Waals surface area contributed by atoms with E-state index in [1.165, 1.54) is 0 Å². The van der Waals surface area contributed by atoms with Gasteiger partial charge in [-0.15, -0.1) is 0 Å². The van der Waals surface area contributed by atoms with Crippen LogP contribution in [0, 0.1) is 0 Å². The van der Waals surface area contributed by atoms with Crippen LogP contribution >= 0.6 is 0 Å². The van der Waals surface area contributed by atoms with Crippen LogP contribution in [-0.2, 0) is 0 Å². The summed E-state index contributed by atoms with van der Waals surface area (Å²) < 4.78 is 0. The Morgan fingerprint density at radius 3 is 2.91 bits per heavy atom. The molecule has 1 aliphatic heterocycles. The van der Waals surface area contributed by atoms with E-state index in [1.54, 1.807) is 11.9 Å². The van der Waals surface area contributed by atoms with Crippen LogP contribution in [-0.4, -0.2) is 42.3 Å². The second kappa shape index (κ2) is 3.54. The van der Waals surface area contributed by atoms with Gasteiger partial charge >= 0.3 is 6.03 Å². The van der Waals surface area contributed by atoms with Crippen LogP contribution in [0.2, 0.25) is 0 Å². The Kier molecular flexibility index (Phi) is 2.67. The molecule has 3 N–H and O–H groups in total. The van der Waals surface area contributed by atoms with Crippen LogP contribution in [0.15, 0.2) is 0 Å². The number of nitrogens with zero attached hydrogens (tertiary/aromatic N) is 1. The van der Waals surface area contributed by atoms with E-state index in [2.05, 4.69) is 10.9 Å². The van der Waals surface area contributed by atoms with Crippen molar-refractivity contribution < 1.29 is 9.90 Å². The Labute approximate surface area is 65.3 Å². The second-order valence-corrected chi connectivity index (χ2v) is 2.57. The molecular formula is C6H13N3O2. The minimum atomic E-state index is -0.349. The van der Waals surface area contributed by atoms with Gasteiger partial charge in [-0.2, -0.15) is 0 Å². The second-order valence-electron chi connectivity index (χ2n) is 2.57. The number of hydrazine groups is 1. The summed E-state index contributed by atoms with van der Waals surface area (Å²) in [7, 11) is 1.63. The van der Waals surface area contributed by atoms with E-state index in [-0.39, 0.29) is 12.1 Å². The first kappa shape index (κ1) is 8.29. The van der Waals surface area contributed by atoms with Gasteiger partial charge in [0.05, 0.1) is 6.10 Å². The lowest BCUT2D eigenvalue weighted by molar-refractivity contribution is 0.170. The molecule has 0 bridgehead atoms. The smallest absolute Gasteiger partial charge is 0.331 e. The standard InChI is InChI=1S/C6H13N3O2/c1-7-8-6(11)9-3-2-5(10)4-9/h5,7,10H,2-4H2,1H3,(H,8,11). The van der Waals surface area contributed by atoms with Crippen molar-refractivity contribution >= 4 is 6.03 Å². The number of amides is 2. The number of aliphatic hydroxyl groups excluding tert-OH is 1. The van der Waals surface area contributed by atoms with Crippen molar-refractivity contribution in [2.45, 2.75) is 12.5 Å². The van der Waals surface area contributed by atoms with Crippen molar-refractivity contribution in [3.05, 3.63) is 0 Å². The highest BCUT2D eigenvalue weighted by Crippen LogP contribution is 2.07. The molecule has 0 aromatic heterocycles. The molecule has 64 valence electrons. The Morgan fingerprint density at radius 2 is 2.45 bits per heavy atom. The van der Waals surface area contributed by atoms with E-state index < -0.39 is 0 Å². The monoisotopic (exact) mass is 159 g/mol. The Hall–Kier alpha value is -0.810. The summed E-state index contributed by atoms with van der Waals surface area (Å²) in [6, 6.07) is -0.177. The van der Waals surface area contributed by atoms with Crippen molar-refractivity contribution in [2.75, 3.05) is 20.1 Å². The summed E-state index contributed by atoms with van der Waals surface area (Å²) in [5, 5.41) is 9.07. The number of hydrogen-bond donors (Lipinski definition) is 3. The zero-order valence-electron chi connectivity index (χ0n) is 6.50. The molecule has 5 nitrogen and oxygen atoms in total. The van der Waals surface area contributed by atoms with Crippen LogP contribution in [0.4, 0.5) is 4.79 Å². The molecule has 1 aliphatic rings. The van der Waals surface area contributed by atoms with Crippen molar-refractivity contribution in [3.8, 4) is 0 Å². The average molecular weight is 159 g/mol. The summed E-state index contributed by atoms with van der Waals surface area (Å²) >= 11 is 0. The van der Waals surface area contributed by atoms with E-state index in [0.29, 0.717) is 19.5 Å². The van der Waals surface area contributed by atoms with E-state index in [4.69, 9.17) is 5.11 Å². The van der Waals surface area contributed by atoms with E-state index >= 15 is 0 Å². The molecule has 1 saturated heterocycles. The van der Waals surface area contributed by atoms with Gasteiger partial charge in [-0.05, 0) is 6.42 Å². The molecule has 0 radical (unpaired) electrons. The average Bonchev–Trinajstić information content (AvgIpc) is 2.36. The summed E-state index contributed by atoms with van der Waals surface area (Å²) in [5.41, 5.74) is 4.97. The summed E-state index contributed by atoms with van der Waals surface area (Å²) in [6.07, 6.45) is 0.328. The first-order valence-electron chi connectivity index (χ1n) is 3.63. The van der Waals surface area contributed by atoms with Gasteiger partial charge in [0, 0.05) is 20.1 Å². The fourth-order valence-electron chi connectivity index (χ4n) is 1.11. The van der Waals surface area contributed by atoms with Gasteiger partial charge in [0.2, 0.25) is 0 Å². The molecular weight excluding hydrogens is 146 g/mol. The molecule has 2 amide bonds. The van der Waals surface area contributed by atoms with Crippen LogP contribution < -0.4 is 10.9 Å². The summed E-state index contributed by atoms with van der Waals surface area (Å²) in [4.78, 5) is 12.6. The van der Waals surface area contributed by atoms with Crippen molar-refractivity contribution in [2.24, 2.45) is 0 Å². The summed E-state index contributed by atoms with van der Waals surface area (Å²) in [6.45, 7) is 1.07. The summed E-state index contributed by atoms with van der Waals surface area (Å²) in [5.74, 6) is 0. The number of carbonyl (C=O) groups excluding carboxylic acids is 1. The van der Waals surface area contributed by atoms with Gasteiger partial charge in [0.1, 0.15) is 0 Å². The predicted octanol–water partition coefficient (Wildman–Crippen LogP) is -1.10. The molecule has 0 aromatic carbocycles. The first-order valence-corrected chi connectivity index (χ1v) is 3.63. The number of urea groups is 1. The van der Waals surface area contributed by atoms with Gasteiger partial charge in [0.15, 0.2) is 0 Å². The number of nitrogens with one attached hydrogen (secondary N) is 2. The highest BCUT2D eigenvalue weighted by molar-refractivity contribution is 5.73. The maximum atomic E-state index is 11.0. The lowest BCUT2D eigenvalue weighted by atomic mass is 10.3. The maximum Gasteiger partial charge on any atom is 0.331 e. The van der Waals surface area contributed by atoms with Crippen molar-refractivity contribution in [1.82, 2.24) is 15.8 Å². The Bertz CT molecular complexity index is 151. The minimum Gasteiger partial charge on any atom is -0.391 e. The minimum absolute atomic E-state index is 0.177. The molecule has 1 unspecified atom stereocenters. The van der Waals surface area contributed by atoms with Gasteiger partial charge in [0.25, 0.3) is 0 Å². The molecule has 0 aromatic rings. The van der Waals surface area contributed by atoms with Crippen molar-refractivity contribution in [3.63, 3.8) is 0 Å². The molecule has 1 atom stereocenters. The molecule has 1 rings (SSSR count). The third-order valence-electron chi connectivity index (χ3n) is 1.68. The third-order valence-corrected chi connectivity index (χ3v) is 1.68. The highest BCUT2D eigenvalue weighted by Gasteiger charge is 2.23. The normalized spacial score (nSPS) is 23.8. The van der Waals surface area contributed by atoms with E-state index in [1.807, 2.05) is 0 Å². The number of likely N-dealkylation sites (tertiary alicyclic amines) is 1. The van der Waals surface area contributed by atoms with Crippen LogP contribution in [0.1, 0.15) is 6.42 Å². The molecule has 0 aliphatic carbocycles. The molecule has 1 fully saturated rings. The van der Waals surface area contributed by atoms with Crippen LogP contribution in [0.5, 0.6) is 0 Å². The van der Waals surface area contributed by atoms with Crippen LogP contribution in [0.25, 0.3) is 0 Å². The Morgan fingerprint density at radius 1 is 1.73 bits per heavy atom. The first-order chi connectivity index (χ1) is 5.24. The Balaban J connectivity index is 2.31. The number of β-amino-alcohol motifs (C(OH)–C–C–N with tert-alkyl or cyclic N) is 1. The van der Waals surface area contributed by atoms with Gasteiger partial charge < -0.3 is 10.0 Å². The molecule has 0 spiro atoms. The number of rotatable bonds is 1. The van der Waals surface area contributed by atoms with Gasteiger partial charge in [-0.3, -0.25) is 5.43 Å². The maximum absolute atomic E-state index is 11.0. The largest absolute Gasteiger partial charge is 0.391 e. The SMILES string of the molecule is CNNC(=O)N1CCC(O)C1. The lowest BCUT2D eigenvalue weighted by Crippen LogP contribution is -2.44. The lowest BCUT2D eigenvalue weighted by Gasteiger charge is -2.15. The molecule has 11 heavy (non-hydrogen) atoms. The predicted molar refractivity (Wildman–Crippen MR) is 39.8 cm³/mol. The topological polar surface area (TPSA) is 64.6 Å². The van der Waals surface area contributed by atoms with Gasteiger partial charge in [-0.25, -0.2) is 10.2 Å². The van der Waals surface area contributed by atoms with E-state index in [9.17, 15) is 4.79 Å². The molecule has 0 saturated carbocycles. The van der Waals surface area contributed by atoms with Crippen LogP contribution in [0.3, 0.4) is 0 Å². The fraction of sp³-hybridized carbons (Fsp3) is 0.833. The number of hydrogen-bond acceptors (Lipinski definition) is 3. The zero-order valence-corrected chi connectivity index (χ0v) is 6.50. The number of carbonyl (C=O) groups is 1. The quantitative estimate of drug-likeness (QED) is 0.425. The third kappa shape index (κ3) is 2.06.